The van der Waals surface area contributed by atoms with Crippen molar-refractivity contribution in [2.24, 2.45) is 0 Å². The molecular formula is C11H13N3O2S. The second-order valence-electron chi connectivity index (χ2n) is 3.31. The van der Waals surface area contributed by atoms with Crippen LogP contribution in [0.5, 0.6) is 5.75 Å². The smallest absolute Gasteiger partial charge is 0.203 e. The van der Waals surface area contributed by atoms with Crippen LogP contribution >= 0.6 is 11.3 Å². The summed E-state index contributed by atoms with van der Waals surface area (Å²) < 4.78 is 10.4. The predicted molar refractivity (Wildman–Crippen MR) is 67.1 cm³/mol. The van der Waals surface area contributed by atoms with E-state index in [9.17, 15) is 0 Å². The summed E-state index contributed by atoms with van der Waals surface area (Å²) in [4.78, 5) is 0. The zero-order valence-corrected chi connectivity index (χ0v) is 10.2. The van der Waals surface area contributed by atoms with Crippen LogP contribution in [0.2, 0.25) is 0 Å². The van der Waals surface area contributed by atoms with Gasteiger partial charge < -0.3 is 15.2 Å². The molecule has 0 aliphatic rings. The molecule has 0 radical (unpaired) electrons. The first-order valence-electron chi connectivity index (χ1n) is 5.11. The third-order valence-corrected chi connectivity index (χ3v) is 2.90. The number of anilines is 1. The number of nitrogen functional groups attached to an aromatic ring is 1. The summed E-state index contributed by atoms with van der Waals surface area (Å²) in [5.41, 5.74) is 6.52. The second-order valence-corrected chi connectivity index (χ2v) is 4.32. The average Bonchev–Trinajstić information content (AvgIpc) is 2.77. The van der Waals surface area contributed by atoms with Crippen molar-refractivity contribution in [2.45, 2.75) is 0 Å². The van der Waals surface area contributed by atoms with Gasteiger partial charge in [-0.2, -0.15) is 0 Å². The van der Waals surface area contributed by atoms with Crippen LogP contribution in [0.4, 0.5) is 5.13 Å². The fourth-order valence-electron chi connectivity index (χ4n) is 1.29. The van der Waals surface area contributed by atoms with Gasteiger partial charge in [0, 0.05) is 12.7 Å². The largest absolute Gasteiger partial charge is 0.491 e. The van der Waals surface area contributed by atoms with E-state index in [1.165, 1.54) is 11.3 Å². The van der Waals surface area contributed by atoms with Crippen molar-refractivity contribution in [3.63, 3.8) is 0 Å². The molecule has 1 aromatic heterocycles. The third-order valence-electron chi connectivity index (χ3n) is 2.10. The maximum absolute atomic E-state index is 5.53. The van der Waals surface area contributed by atoms with Crippen LogP contribution in [0.15, 0.2) is 24.3 Å². The standard InChI is InChI=1S/C11H13N3O2S/c1-15-6-7-16-9-4-2-8(3-5-9)10-13-14-11(12)17-10/h2-5H,6-7H2,1H3,(H2,12,14). The zero-order valence-electron chi connectivity index (χ0n) is 9.42. The van der Waals surface area contributed by atoms with Gasteiger partial charge in [-0.1, -0.05) is 11.3 Å². The molecule has 90 valence electrons. The van der Waals surface area contributed by atoms with Gasteiger partial charge in [0.1, 0.15) is 17.4 Å². The van der Waals surface area contributed by atoms with E-state index >= 15 is 0 Å². The Morgan fingerprint density at radius 1 is 1.18 bits per heavy atom. The molecule has 1 heterocycles. The van der Waals surface area contributed by atoms with Crippen LogP contribution in [0.1, 0.15) is 0 Å². The van der Waals surface area contributed by atoms with Gasteiger partial charge in [0.2, 0.25) is 5.13 Å². The number of nitrogens with zero attached hydrogens (tertiary/aromatic N) is 2. The van der Waals surface area contributed by atoms with Gasteiger partial charge in [-0.05, 0) is 24.3 Å². The Labute approximate surface area is 103 Å². The topological polar surface area (TPSA) is 70.3 Å². The first-order valence-corrected chi connectivity index (χ1v) is 5.92. The van der Waals surface area contributed by atoms with Crippen LogP contribution in [-0.4, -0.2) is 30.5 Å². The van der Waals surface area contributed by atoms with Gasteiger partial charge in [0.05, 0.1) is 6.61 Å². The monoisotopic (exact) mass is 251 g/mol. The lowest BCUT2D eigenvalue weighted by Gasteiger charge is -2.05. The van der Waals surface area contributed by atoms with Crippen molar-refractivity contribution in [1.82, 2.24) is 10.2 Å². The molecule has 0 atom stereocenters. The molecule has 1 aromatic carbocycles. The van der Waals surface area contributed by atoms with Gasteiger partial charge in [0.25, 0.3) is 0 Å². The highest BCUT2D eigenvalue weighted by molar-refractivity contribution is 7.18. The highest BCUT2D eigenvalue weighted by atomic mass is 32.1. The number of aromatic nitrogens is 2. The van der Waals surface area contributed by atoms with Crippen LogP contribution in [0.25, 0.3) is 10.6 Å². The first kappa shape index (κ1) is 11.8. The van der Waals surface area contributed by atoms with E-state index in [1.807, 2.05) is 24.3 Å². The molecule has 0 unspecified atom stereocenters. The SMILES string of the molecule is COCCOc1ccc(-c2nnc(N)s2)cc1. The molecule has 5 nitrogen and oxygen atoms in total. The van der Waals surface area contributed by atoms with Crippen LogP contribution < -0.4 is 10.5 Å². The van der Waals surface area contributed by atoms with E-state index in [0.29, 0.717) is 18.3 Å². The molecule has 6 heteroatoms. The molecule has 0 aliphatic carbocycles. The normalized spacial score (nSPS) is 10.4. The van der Waals surface area contributed by atoms with Crippen molar-refractivity contribution in [3.8, 4) is 16.3 Å². The second kappa shape index (κ2) is 5.60. The Bertz CT molecular complexity index is 470. The summed E-state index contributed by atoms with van der Waals surface area (Å²) in [6.45, 7) is 1.12. The molecule has 0 saturated heterocycles. The van der Waals surface area contributed by atoms with E-state index in [1.54, 1.807) is 7.11 Å². The van der Waals surface area contributed by atoms with Gasteiger partial charge in [-0.25, -0.2) is 0 Å². The summed E-state index contributed by atoms with van der Waals surface area (Å²) in [6.07, 6.45) is 0. The van der Waals surface area contributed by atoms with Crippen LogP contribution in [0.3, 0.4) is 0 Å². The minimum atomic E-state index is 0.473. The Kier molecular flexibility index (Phi) is 3.89. The average molecular weight is 251 g/mol. The van der Waals surface area contributed by atoms with Crippen LogP contribution in [0, 0.1) is 0 Å². The molecule has 0 aliphatic heterocycles. The van der Waals surface area contributed by atoms with Crippen molar-refractivity contribution in [3.05, 3.63) is 24.3 Å². The molecular weight excluding hydrogens is 238 g/mol. The third kappa shape index (κ3) is 3.15. The molecule has 2 aromatic rings. The van der Waals surface area contributed by atoms with Gasteiger partial charge in [-0.15, -0.1) is 10.2 Å². The Hall–Kier alpha value is -1.66. The summed E-state index contributed by atoms with van der Waals surface area (Å²) >= 11 is 1.36. The maximum atomic E-state index is 5.53. The Morgan fingerprint density at radius 2 is 1.94 bits per heavy atom. The molecule has 17 heavy (non-hydrogen) atoms. The van der Waals surface area contributed by atoms with Crippen molar-refractivity contribution >= 4 is 16.5 Å². The maximum Gasteiger partial charge on any atom is 0.203 e. The minimum absolute atomic E-state index is 0.473. The van der Waals surface area contributed by atoms with E-state index < -0.39 is 0 Å². The summed E-state index contributed by atoms with van der Waals surface area (Å²) in [5.74, 6) is 0.809. The fraction of sp³-hybridized carbons (Fsp3) is 0.273. The lowest BCUT2D eigenvalue weighted by atomic mass is 10.2. The molecule has 2 rings (SSSR count). The van der Waals surface area contributed by atoms with E-state index in [2.05, 4.69) is 10.2 Å². The highest BCUT2D eigenvalue weighted by Crippen LogP contribution is 2.26. The van der Waals surface area contributed by atoms with Gasteiger partial charge in [0.15, 0.2) is 0 Å². The van der Waals surface area contributed by atoms with Crippen molar-refractivity contribution < 1.29 is 9.47 Å². The molecule has 0 bridgehead atoms. The highest BCUT2D eigenvalue weighted by Gasteiger charge is 2.04. The quantitative estimate of drug-likeness (QED) is 0.821. The molecule has 0 spiro atoms. The van der Waals surface area contributed by atoms with Gasteiger partial charge >= 0.3 is 0 Å². The predicted octanol–water partition coefficient (Wildman–Crippen LogP) is 1.81. The molecule has 0 saturated carbocycles. The Morgan fingerprint density at radius 3 is 2.53 bits per heavy atom. The fourth-order valence-corrected chi connectivity index (χ4v) is 1.90. The van der Waals surface area contributed by atoms with Crippen molar-refractivity contribution in [2.75, 3.05) is 26.1 Å². The lowest BCUT2D eigenvalue weighted by Crippen LogP contribution is -2.03. The zero-order chi connectivity index (χ0) is 12.1. The Balaban J connectivity index is 2.02. The van der Waals surface area contributed by atoms with Gasteiger partial charge in [-0.3, -0.25) is 0 Å². The number of ether oxygens (including phenoxy) is 2. The number of rotatable bonds is 5. The lowest BCUT2D eigenvalue weighted by molar-refractivity contribution is 0.146. The summed E-state index contributed by atoms with van der Waals surface area (Å²) in [7, 11) is 1.65. The first-order chi connectivity index (χ1) is 8.29. The number of benzene rings is 1. The number of hydrogen-bond acceptors (Lipinski definition) is 6. The van der Waals surface area contributed by atoms with E-state index in [0.717, 1.165) is 16.3 Å². The molecule has 0 fully saturated rings. The molecule has 2 N–H and O–H groups in total. The number of methoxy groups -OCH3 is 1. The van der Waals surface area contributed by atoms with Crippen molar-refractivity contribution in [1.29, 1.82) is 0 Å². The molecule has 0 amide bonds. The minimum Gasteiger partial charge on any atom is -0.491 e. The summed E-state index contributed by atoms with van der Waals surface area (Å²) in [6, 6.07) is 7.65. The van der Waals surface area contributed by atoms with E-state index in [4.69, 9.17) is 15.2 Å². The van der Waals surface area contributed by atoms with E-state index in [-0.39, 0.29) is 0 Å². The van der Waals surface area contributed by atoms with Crippen LogP contribution in [-0.2, 0) is 4.74 Å². The number of hydrogen-bond donors (Lipinski definition) is 1. The summed E-state index contributed by atoms with van der Waals surface area (Å²) in [5, 5.41) is 9.03. The number of nitrogens with two attached hydrogens (primary N) is 1.